The highest BCUT2D eigenvalue weighted by molar-refractivity contribution is 7.52. The van der Waals surface area contributed by atoms with Gasteiger partial charge in [-0.1, -0.05) is 18.2 Å². The molecule has 2 saturated heterocycles. The van der Waals surface area contributed by atoms with Gasteiger partial charge in [0, 0.05) is 6.20 Å². The van der Waals surface area contributed by atoms with Gasteiger partial charge in [-0.3, -0.25) is 13.9 Å². The van der Waals surface area contributed by atoms with Crippen LogP contribution in [0.3, 0.4) is 0 Å². The highest BCUT2D eigenvalue weighted by atomic mass is 31.2. The molecule has 202 valence electrons. The van der Waals surface area contributed by atoms with Gasteiger partial charge in [-0.05, 0) is 45.9 Å². The summed E-state index contributed by atoms with van der Waals surface area (Å²) < 4.78 is 43.5. The summed E-state index contributed by atoms with van der Waals surface area (Å²) in [6.45, 7) is 5.85. The normalized spacial score (nSPS) is 29.1. The van der Waals surface area contributed by atoms with Gasteiger partial charge in [0.25, 0.3) is 0 Å². The number of ether oxygens (including phenoxy) is 3. The number of rotatable bonds is 10. The van der Waals surface area contributed by atoms with E-state index in [1.807, 2.05) is 0 Å². The molecule has 14 heteroatoms. The van der Waals surface area contributed by atoms with Crippen LogP contribution in [0.4, 0.5) is 5.82 Å². The van der Waals surface area contributed by atoms with Crippen molar-refractivity contribution in [3.63, 3.8) is 0 Å². The van der Waals surface area contributed by atoms with Crippen molar-refractivity contribution in [1.29, 1.82) is 0 Å². The van der Waals surface area contributed by atoms with E-state index < -0.39 is 55.6 Å². The minimum absolute atomic E-state index is 0.0317. The molecular formula is C23H31N4O9P. The average Bonchev–Trinajstić information content (AvgIpc) is 3.20. The number of nitrogen functional groups attached to an aromatic ring is 1. The van der Waals surface area contributed by atoms with Gasteiger partial charge in [-0.25, -0.2) is 9.36 Å². The number of nitrogens with zero attached hydrogens (tertiary/aromatic N) is 2. The Balaban J connectivity index is 1.57. The molecule has 0 unspecified atom stereocenters. The monoisotopic (exact) mass is 538 g/mol. The molecule has 37 heavy (non-hydrogen) atoms. The second-order valence-electron chi connectivity index (χ2n) is 9.46. The molecule has 0 radical (unpaired) electrons. The highest BCUT2D eigenvalue weighted by Gasteiger charge is 2.69. The third-order valence-electron chi connectivity index (χ3n) is 6.11. The van der Waals surface area contributed by atoms with Gasteiger partial charge in [0.2, 0.25) is 0 Å². The molecule has 0 saturated carbocycles. The van der Waals surface area contributed by atoms with E-state index in [2.05, 4.69) is 10.1 Å². The lowest BCUT2D eigenvalue weighted by molar-refractivity contribution is -0.211. The molecule has 4 rings (SSSR count). The van der Waals surface area contributed by atoms with E-state index in [4.69, 9.17) is 29.0 Å². The number of aliphatic hydroxyl groups excluding tert-OH is 1. The minimum Gasteiger partial charge on any atom is -0.462 e. The van der Waals surface area contributed by atoms with Crippen molar-refractivity contribution in [2.45, 2.75) is 63.4 Å². The quantitative estimate of drug-likeness (QED) is 0.293. The number of para-hydroxylation sites is 1. The number of nitrogens with two attached hydrogens (primary N) is 1. The Morgan fingerprint density at radius 2 is 2.03 bits per heavy atom. The smallest absolute Gasteiger partial charge is 0.459 e. The first-order valence-corrected chi connectivity index (χ1v) is 13.2. The van der Waals surface area contributed by atoms with Crippen LogP contribution in [0.1, 0.15) is 33.9 Å². The van der Waals surface area contributed by atoms with Crippen LogP contribution in [-0.4, -0.2) is 63.3 Å². The summed E-state index contributed by atoms with van der Waals surface area (Å²) in [7, 11) is -4.24. The molecule has 0 amide bonds. The molecule has 13 nitrogen and oxygen atoms in total. The van der Waals surface area contributed by atoms with E-state index in [9.17, 15) is 19.3 Å². The van der Waals surface area contributed by atoms with Gasteiger partial charge < -0.3 is 29.6 Å². The molecule has 2 aliphatic rings. The summed E-state index contributed by atoms with van der Waals surface area (Å²) in [5.74, 6) is -0.403. The number of hydrogen-bond donors (Lipinski definition) is 3. The number of nitrogens with one attached hydrogen (secondary N) is 1. The lowest BCUT2D eigenvalue weighted by atomic mass is 9.92. The van der Waals surface area contributed by atoms with Gasteiger partial charge >= 0.3 is 19.4 Å². The number of fused-ring (bicyclic) bond motifs is 2. The molecule has 6 atom stereocenters. The number of carbonyl (C=O) groups is 1. The molecule has 1 aromatic heterocycles. The standard InChI is InChI=1S/C23H31N4O9P/c1-14(2)34-18(28)15(3)26-37(31,36-16-8-6-5-7-9-16)33-13-23-12-32-22(4,19(23)29)20(35-23)27-11-10-17(24)25-21(27)30/h5-11,14-15,19-20,29H,12-13H2,1-4H3,(H,26,31)(H2,24,25,30)/t15-,19+,20-,22-,23-,37-/m1/s1. The Hall–Kier alpha value is -2.80. The molecule has 1 aromatic carbocycles. The lowest BCUT2D eigenvalue weighted by Gasteiger charge is -2.34. The van der Waals surface area contributed by atoms with Crippen LogP contribution < -0.4 is 21.0 Å². The van der Waals surface area contributed by atoms with Crippen molar-refractivity contribution < 1.29 is 37.7 Å². The van der Waals surface area contributed by atoms with Gasteiger partial charge in [0.15, 0.2) is 6.23 Å². The molecule has 2 bridgehead atoms. The summed E-state index contributed by atoms with van der Waals surface area (Å²) in [5, 5.41) is 13.7. The second kappa shape index (κ2) is 10.2. The third kappa shape index (κ3) is 5.42. The largest absolute Gasteiger partial charge is 0.462 e. The number of aliphatic hydroxyl groups is 1. The van der Waals surface area contributed by atoms with Crippen LogP contribution in [0.15, 0.2) is 47.4 Å². The third-order valence-corrected chi connectivity index (χ3v) is 7.74. The number of carbonyl (C=O) groups excluding carboxylic acids is 1. The van der Waals surface area contributed by atoms with Crippen molar-refractivity contribution >= 4 is 19.5 Å². The van der Waals surface area contributed by atoms with Crippen LogP contribution in [-0.2, 0) is 28.1 Å². The van der Waals surface area contributed by atoms with E-state index >= 15 is 0 Å². The zero-order valence-corrected chi connectivity index (χ0v) is 21.8. The van der Waals surface area contributed by atoms with Crippen LogP contribution in [0.5, 0.6) is 5.75 Å². The Morgan fingerprint density at radius 3 is 2.68 bits per heavy atom. The maximum Gasteiger partial charge on any atom is 0.459 e. The molecule has 4 N–H and O–H groups in total. The topological polar surface area (TPSA) is 173 Å². The van der Waals surface area contributed by atoms with E-state index in [1.54, 1.807) is 51.1 Å². The van der Waals surface area contributed by atoms with Crippen molar-refractivity contribution in [3.05, 3.63) is 53.1 Å². The molecule has 3 heterocycles. The Labute approximate surface area is 213 Å². The van der Waals surface area contributed by atoms with Gasteiger partial charge in [0.1, 0.15) is 34.9 Å². The number of aromatic nitrogens is 2. The maximum absolute atomic E-state index is 13.8. The summed E-state index contributed by atoms with van der Waals surface area (Å²) in [6, 6.07) is 8.61. The average molecular weight is 538 g/mol. The van der Waals surface area contributed by atoms with Crippen molar-refractivity contribution in [2.24, 2.45) is 0 Å². The molecule has 0 spiro atoms. The van der Waals surface area contributed by atoms with Crippen molar-refractivity contribution in [3.8, 4) is 5.75 Å². The Morgan fingerprint density at radius 1 is 1.32 bits per heavy atom. The van der Waals surface area contributed by atoms with Crippen LogP contribution in [0.2, 0.25) is 0 Å². The fraction of sp³-hybridized carbons (Fsp3) is 0.522. The SMILES string of the molecule is CC(C)OC(=O)[C@@H](C)N[P@@](=O)(OC[C@]12CO[C@](C)([C@@H]1O)[C@H](n1ccc(N)nc1=O)O2)Oc1ccccc1. The Bertz CT molecular complexity index is 1240. The zero-order valence-electron chi connectivity index (χ0n) is 20.9. The summed E-state index contributed by atoms with van der Waals surface area (Å²) in [5.41, 5.74) is 2.06. The van der Waals surface area contributed by atoms with Crippen molar-refractivity contribution in [1.82, 2.24) is 14.6 Å². The number of anilines is 1. The maximum atomic E-state index is 13.8. The number of benzene rings is 1. The van der Waals surface area contributed by atoms with E-state index in [0.29, 0.717) is 0 Å². The minimum atomic E-state index is -4.24. The van der Waals surface area contributed by atoms with Crippen molar-refractivity contribution in [2.75, 3.05) is 18.9 Å². The Kier molecular flexibility index (Phi) is 7.48. The van der Waals surface area contributed by atoms with Gasteiger partial charge in [0.05, 0.1) is 19.3 Å². The van der Waals surface area contributed by atoms with Crippen LogP contribution in [0.25, 0.3) is 0 Å². The van der Waals surface area contributed by atoms with Crippen LogP contribution >= 0.6 is 7.75 Å². The predicted octanol–water partition coefficient (Wildman–Crippen LogP) is 1.38. The molecule has 2 fully saturated rings. The summed E-state index contributed by atoms with van der Waals surface area (Å²) >= 11 is 0. The molecule has 2 aromatic rings. The first-order valence-electron chi connectivity index (χ1n) is 11.7. The van der Waals surface area contributed by atoms with E-state index in [1.165, 1.54) is 19.2 Å². The molecule has 0 aliphatic carbocycles. The molecular weight excluding hydrogens is 507 g/mol. The van der Waals surface area contributed by atoms with Gasteiger partial charge in [-0.2, -0.15) is 10.1 Å². The number of esters is 1. The highest BCUT2D eigenvalue weighted by Crippen LogP contribution is 2.54. The summed E-state index contributed by atoms with van der Waals surface area (Å²) in [6.07, 6.45) is -1.34. The first-order chi connectivity index (χ1) is 17.4. The number of hydrogen-bond acceptors (Lipinski definition) is 11. The second-order valence-corrected chi connectivity index (χ2v) is 11.2. The summed E-state index contributed by atoms with van der Waals surface area (Å²) in [4.78, 5) is 28.5. The fourth-order valence-corrected chi connectivity index (χ4v) is 5.77. The lowest BCUT2D eigenvalue weighted by Crippen LogP contribution is -2.46. The first kappa shape index (κ1) is 27.2. The van der Waals surface area contributed by atoms with E-state index in [-0.39, 0.29) is 24.3 Å². The van der Waals surface area contributed by atoms with Crippen LogP contribution in [0, 0.1) is 0 Å². The van der Waals surface area contributed by atoms with Gasteiger partial charge in [-0.15, -0.1) is 0 Å². The molecule has 2 aliphatic heterocycles. The predicted molar refractivity (Wildman–Crippen MR) is 131 cm³/mol. The fourth-order valence-electron chi connectivity index (χ4n) is 4.22. The zero-order chi connectivity index (χ0) is 27.0. The van der Waals surface area contributed by atoms with E-state index in [0.717, 1.165) is 4.57 Å².